The predicted molar refractivity (Wildman–Crippen MR) is 69.0 cm³/mol. The quantitative estimate of drug-likeness (QED) is 0.804. The second-order valence-electron chi connectivity index (χ2n) is 4.57. The monoisotopic (exact) mass is 228 g/mol. The summed E-state index contributed by atoms with van der Waals surface area (Å²) in [6.45, 7) is 2.02. The Hall–Kier alpha value is -1.68. The molecule has 2 heterocycles. The van der Waals surface area contributed by atoms with Crippen LogP contribution in [-0.4, -0.2) is 29.3 Å². The van der Waals surface area contributed by atoms with Crippen molar-refractivity contribution in [2.75, 3.05) is 18.0 Å². The van der Waals surface area contributed by atoms with Crippen molar-refractivity contribution in [2.24, 2.45) is 5.73 Å². The Labute approximate surface area is 100 Å². The maximum Gasteiger partial charge on any atom is 0.0950 e. The number of nitrogens with zero attached hydrogens (tertiary/aromatic N) is 3. The Morgan fingerprint density at radius 1 is 1.18 bits per heavy atom. The van der Waals surface area contributed by atoms with Crippen molar-refractivity contribution in [3.63, 3.8) is 0 Å². The molecule has 3 rings (SSSR count). The third-order valence-corrected chi connectivity index (χ3v) is 3.41. The van der Waals surface area contributed by atoms with E-state index in [-0.39, 0.29) is 0 Å². The number of hydrogen-bond acceptors (Lipinski definition) is 4. The minimum Gasteiger partial charge on any atom is -0.370 e. The number of piperidine rings is 1. The fourth-order valence-electron chi connectivity index (χ4n) is 2.39. The lowest BCUT2D eigenvalue weighted by Gasteiger charge is -2.32. The highest BCUT2D eigenvalue weighted by atomic mass is 15.2. The van der Waals surface area contributed by atoms with E-state index in [9.17, 15) is 0 Å². The summed E-state index contributed by atoms with van der Waals surface area (Å²) in [6.07, 6.45) is 3.96. The van der Waals surface area contributed by atoms with Gasteiger partial charge in [0, 0.05) is 24.5 Å². The highest BCUT2D eigenvalue weighted by molar-refractivity contribution is 5.90. The molecule has 1 aromatic carbocycles. The van der Waals surface area contributed by atoms with Crippen LogP contribution in [0.1, 0.15) is 12.8 Å². The Bertz CT molecular complexity index is 512. The first-order valence-electron chi connectivity index (χ1n) is 6.05. The highest BCUT2D eigenvalue weighted by Crippen LogP contribution is 2.26. The molecule has 0 unspecified atom stereocenters. The Kier molecular flexibility index (Phi) is 2.65. The van der Waals surface area contributed by atoms with Crippen LogP contribution in [0.4, 0.5) is 5.69 Å². The SMILES string of the molecule is NC1CCN(c2cnnc3ccccc23)CC1. The predicted octanol–water partition coefficient (Wildman–Crippen LogP) is 1.56. The van der Waals surface area contributed by atoms with E-state index in [0.717, 1.165) is 31.4 Å². The molecule has 4 heteroatoms. The van der Waals surface area contributed by atoms with Crippen LogP contribution in [-0.2, 0) is 0 Å². The fourth-order valence-corrected chi connectivity index (χ4v) is 2.39. The van der Waals surface area contributed by atoms with Gasteiger partial charge in [-0.3, -0.25) is 0 Å². The van der Waals surface area contributed by atoms with E-state index < -0.39 is 0 Å². The summed E-state index contributed by atoms with van der Waals surface area (Å²) in [6, 6.07) is 8.50. The highest BCUT2D eigenvalue weighted by Gasteiger charge is 2.18. The smallest absolute Gasteiger partial charge is 0.0950 e. The van der Waals surface area contributed by atoms with Crippen molar-refractivity contribution in [1.29, 1.82) is 0 Å². The standard InChI is InChI=1S/C13H16N4/c14-10-5-7-17(8-6-10)13-9-15-16-12-4-2-1-3-11(12)13/h1-4,9-10H,5-8,14H2. The van der Waals surface area contributed by atoms with Crippen LogP contribution < -0.4 is 10.6 Å². The van der Waals surface area contributed by atoms with Gasteiger partial charge in [0.15, 0.2) is 0 Å². The summed E-state index contributed by atoms with van der Waals surface area (Å²) in [5, 5.41) is 9.41. The first-order chi connectivity index (χ1) is 8.34. The molecule has 4 nitrogen and oxygen atoms in total. The lowest BCUT2D eigenvalue weighted by atomic mass is 10.0. The van der Waals surface area contributed by atoms with Crippen LogP contribution in [0.3, 0.4) is 0 Å². The summed E-state index contributed by atoms with van der Waals surface area (Å²) in [5.74, 6) is 0. The molecule has 88 valence electrons. The number of nitrogens with two attached hydrogens (primary N) is 1. The maximum absolute atomic E-state index is 5.93. The number of aromatic nitrogens is 2. The zero-order valence-corrected chi connectivity index (χ0v) is 9.71. The van der Waals surface area contributed by atoms with Gasteiger partial charge in [0.25, 0.3) is 0 Å². The van der Waals surface area contributed by atoms with Gasteiger partial charge in [-0.15, -0.1) is 0 Å². The largest absolute Gasteiger partial charge is 0.370 e. The number of hydrogen-bond donors (Lipinski definition) is 1. The molecule has 2 N–H and O–H groups in total. The van der Waals surface area contributed by atoms with E-state index in [1.807, 2.05) is 24.4 Å². The molecule has 1 aliphatic heterocycles. The van der Waals surface area contributed by atoms with Crippen molar-refractivity contribution in [3.8, 4) is 0 Å². The number of rotatable bonds is 1. The molecule has 1 fully saturated rings. The summed E-state index contributed by atoms with van der Waals surface area (Å²) in [4.78, 5) is 2.36. The Morgan fingerprint density at radius 3 is 2.76 bits per heavy atom. The van der Waals surface area contributed by atoms with Gasteiger partial charge in [-0.2, -0.15) is 10.2 Å². The molecule has 0 atom stereocenters. The fraction of sp³-hybridized carbons (Fsp3) is 0.385. The first-order valence-corrected chi connectivity index (χ1v) is 6.05. The molecule has 0 bridgehead atoms. The third kappa shape index (κ3) is 1.96. The minimum atomic E-state index is 0.354. The van der Waals surface area contributed by atoms with E-state index in [2.05, 4.69) is 21.2 Å². The van der Waals surface area contributed by atoms with Gasteiger partial charge >= 0.3 is 0 Å². The molecular weight excluding hydrogens is 212 g/mol. The van der Waals surface area contributed by atoms with Gasteiger partial charge in [0.2, 0.25) is 0 Å². The maximum atomic E-state index is 5.93. The molecule has 0 radical (unpaired) electrons. The molecular formula is C13H16N4. The zero-order valence-electron chi connectivity index (χ0n) is 9.71. The van der Waals surface area contributed by atoms with Crippen LogP contribution in [0.2, 0.25) is 0 Å². The number of fused-ring (bicyclic) bond motifs is 1. The summed E-state index contributed by atoms with van der Waals surface area (Å²) >= 11 is 0. The van der Waals surface area contributed by atoms with E-state index >= 15 is 0 Å². The van der Waals surface area contributed by atoms with Crippen LogP contribution in [0.25, 0.3) is 10.9 Å². The Morgan fingerprint density at radius 2 is 1.94 bits per heavy atom. The second kappa shape index (κ2) is 4.30. The van der Waals surface area contributed by atoms with E-state index in [1.54, 1.807) is 0 Å². The molecule has 1 saturated heterocycles. The van der Waals surface area contributed by atoms with Crippen molar-refractivity contribution in [3.05, 3.63) is 30.5 Å². The van der Waals surface area contributed by atoms with Crippen molar-refractivity contribution < 1.29 is 0 Å². The van der Waals surface area contributed by atoms with Crippen LogP contribution in [0.15, 0.2) is 30.5 Å². The molecule has 17 heavy (non-hydrogen) atoms. The normalized spacial score (nSPS) is 17.6. The number of anilines is 1. The summed E-state index contributed by atoms with van der Waals surface area (Å²) in [5.41, 5.74) is 8.07. The second-order valence-corrected chi connectivity index (χ2v) is 4.57. The van der Waals surface area contributed by atoms with Gasteiger partial charge in [-0.25, -0.2) is 0 Å². The van der Waals surface area contributed by atoms with Gasteiger partial charge in [-0.1, -0.05) is 18.2 Å². The first kappa shape index (κ1) is 10.5. The lowest BCUT2D eigenvalue weighted by Crippen LogP contribution is -2.39. The minimum absolute atomic E-state index is 0.354. The van der Waals surface area contributed by atoms with Crippen LogP contribution in [0.5, 0.6) is 0 Å². The lowest BCUT2D eigenvalue weighted by molar-refractivity contribution is 0.501. The molecule has 0 amide bonds. The Balaban J connectivity index is 2.00. The van der Waals surface area contributed by atoms with Gasteiger partial charge in [-0.05, 0) is 18.9 Å². The topological polar surface area (TPSA) is 55.0 Å². The van der Waals surface area contributed by atoms with Crippen LogP contribution in [0, 0.1) is 0 Å². The van der Waals surface area contributed by atoms with Gasteiger partial charge < -0.3 is 10.6 Å². The molecule has 1 aromatic heterocycles. The van der Waals surface area contributed by atoms with E-state index in [1.165, 1.54) is 11.1 Å². The number of benzene rings is 1. The zero-order chi connectivity index (χ0) is 11.7. The van der Waals surface area contributed by atoms with Crippen molar-refractivity contribution in [2.45, 2.75) is 18.9 Å². The summed E-state index contributed by atoms with van der Waals surface area (Å²) < 4.78 is 0. The van der Waals surface area contributed by atoms with Gasteiger partial charge in [0.1, 0.15) is 0 Å². The van der Waals surface area contributed by atoms with E-state index in [4.69, 9.17) is 5.73 Å². The molecule has 0 aliphatic carbocycles. The molecule has 0 saturated carbocycles. The van der Waals surface area contributed by atoms with Crippen molar-refractivity contribution >= 4 is 16.6 Å². The third-order valence-electron chi connectivity index (χ3n) is 3.41. The van der Waals surface area contributed by atoms with Crippen LogP contribution >= 0.6 is 0 Å². The molecule has 0 spiro atoms. The summed E-state index contributed by atoms with van der Waals surface area (Å²) in [7, 11) is 0. The van der Waals surface area contributed by atoms with E-state index in [0.29, 0.717) is 6.04 Å². The van der Waals surface area contributed by atoms with Crippen molar-refractivity contribution in [1.82, 2.24) is 10.2 Å². The average Bonchev–Trinajstić information content (AvgIpc) is 2.39. The molecule has 2 aromatic rings. The van der Waals surface area contributed by atoms with Gasteiger partial charge in [0.05, 0.1) is 17.4 Å². The average molecular weight is 228 g/mol. The molecule has 1 aliphatic rings.